The molecule has 0 aliphatic carbocycles. The van der Waals surface area contributed by atoms with E-state index < -0.39 is 23.5 Å². The summed E-state index contributed by atoms with van der Waals surface area (Å²) in [6.45, 7) is 0.594. The predicted octanol–water partition coefficient (Wildman–Crippen LogP) is 7.78. The van der Waals surface area contributed by atoms with Gasteiger partial charge in [0.25, 0.3) is 0 Å². The monoisotopic (exact) mass is 562 g/mol. The number of hydrogen-bond donors (Lipinski definition) is 2. The summed E-state index contributed by atoms with van der Waals surface area (Å²) in [5.74, 6) is -0.224. The molecule has 0 atom stereocenters. The second-order valence-electron chi connectivity index (χ2n) is 8.24. The van der Waals surface area contributed by atoms with E-state index in [0.717, 1.165) is 5.56 Å². The van der Waals surface area contributed by atoms with Crippen molar-refractivity contribution in [3.63, 3.8) is 0 Å². The van der Waals surface area contributed by atoms with Gasteiger partial charge in [-0.1, -0.05) is 53.5 Å². The predicted molar refractivity (Wildman–Crippen MR) is 132 cm³/mol. The molecule has 0 heterocycles. The highest BCUT2D eigenvalue weighted by atomic mass is 35.5. The van der Waals surface area contributed by atoms with E-state index in [1.165, 1.54) is 12.1 Å². The van der Waals surface area contributed by atoms with E-state index in [1.807, 2.05) is 30.3 Å². The van der Waals surface area contributed by atoms with Gasteiger partial charge < -0.3 is 10.6 Å². The van der Waals surface area contributed by atoms with Crippen molar-refractivity contribution in [3.05, 3.63) is 98.5 Å². The zero-order valence-electron chi connectivity index (χ0n) is 19.2. The summed E-state index contributed by atoms with van der Waals surface area (Å²) in [6.07, 6.45) is -9.55. The average molecular weight is 563 g/mol. The van der Waals surface area contributed by atoms with Crippen molar-refractivity contribution in [3.8, 4) is 0 Å². The largest absolute Gasteiger partial charge is 0.416 e. The van der Waals surface area contributed by atoms with E-state index in [1.54, 1.807) is 0 Å². The van der Waals surface area contributed by atoms with Gasteiger partial charge in [0.05, 0.1) is 21.2 Å². The first-order valence-corrected chi connectivity index (χ1v) is 11.9. The molecule has 3 aromatic carbocycles. The van der Waals surface area contributed by atoms with Crippen molar-refractivity contribution < 1.29 is 31.1 Å². The Morgan fingerprint density at radius 3 is 2.00 bits per heavy atom. The number of amides is 1. The summed E-state index contributed by atoms with van der Waals surface area (Å²) in [5.41, 5.74) is -1.45. The van der Waals surface area contributed by atoms with Gasteiger partial charge in [0.15, 0.2) is 0 Å². The Morgan fingerprint density at radius 1 is 0.784 bits per heavy atom. The van der Waals surface area contributed by atoms with Crippen molar-refractivity contribution in [1.82, 2.24) is 5.32 Å². The van der Waals surface area contributed by atoms with Gasteiger partial charge in [-0.3, -0.25) is 4.79 Å². The first kappa shape index (κ1) is 28.7. The van der Waals surface area contributed by atoms with Gasteiger partial charge >= 0.3 is 12.4 Å². The lowest BCUT2D eigenvalue weighted by Crippen LogP contribution is -2.27. The quantitative estimate of drug-likeness (QED) is 0.261. The molecule has 37 heavy (non-hydrogen) atoms. The summed E-state index contributed by atoms with van der Waals surface area (Å²) in [6, 6.07) is 13.9. The van der Waals surface area contributed by atoms with E-state index in [-0.39, 0.29) is 52.5 Å². The lowest BCUT2D eigenvalue weighted by Gasteiger charge is -2.17. The zero-order valence-corrected chi connectivity index (χ0v) is 20.8. The van der Waals surface area contributed by atoms with Crippen LogP contribution in [0.3, 0.4) is 0 Å². The SMILES string of the molecule is O=C(CCNc1ccc(Cl)c(Cl)c1Cc1cc(C(F)(F)F)cc(C(F)(F)F)c1)NCCc1ccccc1. The molecule has 0 spiro atoms. The zero-order chi connectivity index (χ0) is 27.2. The van der Waals surface area contributed by atoms with E-state index in [0.29, 0.717) is 30.8 Å². The van der Waals surface area contributed by atoms with Crippen molar-refractivity contribution >= 4 is 34.8 Å². The first-order valence-electron chi connectivity index (χ1n) is 11.1. The van der Waals surface area contributed by atoms with Crippen LogP contribution >= 0.6 is 23.2 Å². The van der Waals surface area contributed by atoms with Crippen molar-refractivity contribution in [2.45, 2.75) is 31.6 Å². The van der Waals surface area contributed by atoms with E-state index in [2.05, 4.69) is 10.6 Å². The standard InChI is InChI=1S/C26H22Cl2F6N2O/c27-21-6-7-22(35-11-9-23(37)36-10-8-16-4-2-1-3-5-16)20(24(21)28)14-17-12-18(25(29,30)31)15-19(13-17)26(32,33)34/h1-7,12-13,15,35H,8-11,14H2,(H,36,37). The molecule has 3 rings (SSSR count). The molecule has 0 saturated carbocycles. The van der Waals surface area contributed by atoms with Crippen molar-refractivity contribution in [1.29, 1.82) is 0 Å². The van der Waals surface area contributed by atoms with Crippen molar-refractivity contribution in [2.24, 2.45) is 0 Å². The third kappa shape index (κ3) is 8.30. The molecule has 0 fully saturated rings. The highest BCUT2D eigenvalue weighted by Gasteiger charge is 2.37. The maximum Gasteiger partial charge on any atom is 0.416 e. The summed E-state index contributed by atoms with van der Waals surface area (Å²) in [7, 11) is 0. The number of benzene rings is 3. The minimum Gasteiger partial charge on any atom is -0.384 e. The highest BCUT2D eigenvalue weighted by molar-refractivity contribution is 6.42. The molecule has 0 aliphatic heterocycles. The van der Waals surface area contributed by atoms with Crippen LogP contribution in [0.5, 0.6) is 0 Å². The van der Waals surface area contributed by atoms with E-state index >= 15 is 0 Å². The van der Waals surface area contributed by atoms with Gasteiger partial charge in [-0.15, -0.1) is 0 Å². The second kappa shape index (κ2) is 12.1. The fourth-order valence-corrected chi connectivity index (χ4v) is 4.06. The van der Waals surface area contributed by atoms with Crippen LogP contribution in [0, 0.1) is 0 Å². The number of alkyl halides is 6. The van der Waals surface area contributed by atoms with E-state index in [9.17, 15) is 31.1 Å². The smallest absolute Gasteiger partial charge is 0.384 e. The van der Waals surface area contributed by atoms with Crippen LogP contribution in [0.2, 0.25) is 10.0 Å². The van der Waals surface area contributed by atoms with Crippen LogP contribution in [-0.2, 0) is 30.0 Å². The molecule has 0 aliphatic rings. The summed E-state index contributed by atoms with van der Waals surface area (Å²) >= 11 is 12.3. The van der Waals surface area contributed by atoms with E-state index in [4.69, 9.17) is 23.2 Å². The van der Waals surface area contributed by atoms with Crippen LogP contribution in [0.15, 0.2) is 60.7 Å². The Morgan fingerprint density at radius 2 is 1.41 bits per heavy atom. The maximum atomic E-state index is 13.3. The fourth-order valence-electron chi connectivity index (χ4n) is 3.65. The van der Waals surface area contributed by atoms with Crippen molar-refractivity contribution in [2.75, 3.05) is 18.4 Å². The number of nitrogens with one attached hydrogen (secondary N) is 2. The van der Waals surface area contributed by atoms with Crippen LogP contribution in [-0.4, -0.2) is 19.0 Å². The van der Waals surface area contributed by atoms with Crippen LogP contribution in [0.25, 0.3) is 0 Å². The number of carbonyl (C=O) groups is 1. The molecular weight excluding hydrogens is 541 g/mol. The minimum absolute atomic E-state index is 0.00931. The second-order valence-corrected chi connectivity index (χ2v) is 9.03. The topological polar surface area (TPSA) is 41.1 Å². The molecule has 2 N–H and O–H groups in total. The summed E-state index contributed by atoms with van der Waals surface area (Å²) < 4.78 is 79.6. The average Bonchev–Trinajstić information content (AvgIpc) is 2.83. The Labute approximate surface area is 219 Å². The number of carbonyl (C=O) groups excluding carboxylic acids is 1. The Bertz CT molecular complexity index is 1200. The maximum absolute atomic E-state index is 13.3. The molecule has 11 heteroatoms. The number of halogens is 8. The minimum atomic E-state index is -4.97. The Balaban J connectivity index is 1.71. The molecule has 3 aromatic rings. The molecule has 0 saturated heterocycles. The van der Waals surface area contributed by atoms with Crippen LogP contribution in [0.4, 0.5) is 32.0 Å². The third-order valence-electron chi connectivity index (χ3n) is 5.47. The first-order chi connectivity index (χ1) is 17.3. The summed E-state index contributed by atoms with van der Waals surface area (Å²) in [5, 5.41) is 5.85. The Hall–Kier alpha value is -2.91. The fraction of sp³-hybridized carbons (Fsp3) is 0.269. The molecule has 0 aromatic heterocycles. The molecule has 0 radical (unpaired) electrons. The van der Waals surface area contributed by atoms with Gasteiger partial charge in [-0.2, -0.15) is 26.3 Å². The molecule has 0 bridgehead atoms. The normalized spacial score (nSPS) is 11.9. The Kier molecular flexibility index (Phi) is 9.36. The third-order valence-corrected chi connectivity index (χ3v) is 6.31. The molecule has 198 valence electrons. The molecule has 0 unspecified atom stereocenters. The molecular formula is C26H22Cl2F6N2O. The van der Waals surface area contributed by atoms with Crippen LogP contribution in [0.1, 0.15) is 34.2 Å². The number of anilines is 1. The molecule has 1 amide bonds. The van der Waals surface area contributed by atoms with Gasteiger partial charge in [0.2, 0.25) is 5.91 Å². The highest BCUT2D eigenvalue weighted by Crippen LogP contribution is 2.38. The lowest BCUT2D eigenvalue weighted by molar-refractivity contribution is -0.143. The number of rotatable bonds is 9. The van der Waals surface area contributed by atoms with Gasteiger partial charge in [-0.25, -0.2) is 0 Å². The van der Waals surface area contributed by atoms with Gasteiger partial charge in [0, 0.05) is 31.6 Å². The number of hydrogen-bond acceptors (Lipinski definition) is 2. The van der Waals surface area contributed by atoms with Gasteiger partial charge in [-0.05, 0) is 53.4 Å². The van der Waals surface area contributed by atoms with Crippen LogP contribution < -0.4 is 10.6 Å². The lowest BCUT2D eigenvalue weighted by atomic mass is 9.98. The molecule has 3 nitrogen and oxygen atoms in total. The summed E-state index contributed by atoms with van der Waals surface area (Å²) in [4.78, 5) is 12.2. The van der Waals surface area contributed by atoms with Gasteiger partial charge in [0.1, 0.15) is 0 Å².